The maximum Gasteiger partial charge on any atom is 0.317 e. The van der Waals surface area contributed by atoms with Crippen molar-refractivity contribution >= 4 is 11.9 Å². The van der Waals surface area contributed by atoms with Crippen LogP contribution in [-0.2, 0) is 16.1 Å². The molecule has 2 aliphatic heterocycles. The van der Waals surface area contributed by atoms with Gasteiger partial charge in [0.2, 0.25) is 5.91 Å². The summed E-state index contributed by atoms with van der Waals surface area (Å²) < 4.78 is 0. The van der Waals surface area contributed by atoms with E-state index in [1.165, 1.54) is 5.56 Å². The molecule has 0 spiro atoms. The monoisotopic (exact) mass is 387 g/mol. The van der Waals surface area contributed by atoms with Crippen LogP contribution in [0.2, 0.25) is 0 Å². The number of carboxylic acid groups (broad SMARTS) is 1. The quantitative estimate of drug-likeness (QED) is 0.811. The Morgan fingerprint density at radius 3 is 2.57 bits per heavy atom. The van der Waals surface area contributed by atoms with Crippen LogP contribution in [0.15, 0.2) is 30.3 Å². The third-order valence-corrected chi connectivity index (χ3v) is 6.12. The van der Waals surface area contributed by atoms with Crippen LogP contribution in [-0.4, -0.2) is 77.5 Å². The largest absolute Gasteiger partial charge is 0.480 e. The Bertz CT molecular complexity index is 652. The fraction of sp³-hybridized carbons (Fsp3) is 0.636. The van der Waals surface area contributed by atoms with Crippen molar-refractivity contribution in [3.63, 3.8) is 0 Å². The Morgan fingerprint density at radius 1 is 1.07 bits per heavy atom. The summed E-state index contributed by atoms with van der Waals surface area (Å²) in [5.74, 6) is -0.412. The molecule has 2 saturated heterocycles. The molecule has 0 aliphatic carbocycles. The summed E-state index contributed by atoms with van der Waals surface area (Å²) in [7, 11) is 1.87. The predicted octanol–water partition coefficient (Wildman–Crippen LogP) is 2.30. The van der Waals surface area contributed by atoms with Gasteiger partial charge in [0.05, 0.1) is 12.5 Å². The fourth-order valence-corrected chi connectivity index (χ4v) is 4.58. The van der Waals surface area contributed by atoms with Gasteiger partial charge in [0.15, 0.2) is 0 Å². The summed E-state index contributed by atoms with van der Waals surface area (Å²) in [6.07, 6.45) is 4.80. The van der Waals surface area contributed by atoms with Crippen LogP contribution in [0.4, 0.5) is 0 Å². The number of rotatable bonds is 6. The lowest BCUT2D eigenvalue weighted by Gasteiger charge is -2.35. The average molecular weight is 388 g/mol. The highest BCUT2D eigenvalue weighted by Crippen LogP contribution is 2.23. The Morgan fingerprint density at radius 2 is 1.82 bits per heavy atom. The maximum absolute atomic E-state index is 13.1. The zero-order chi connectivity index (χ0) is 19.9. The van der Waals surface area contributed by atoms with Crippen LogP contribution in [0.1, 0.15) is 37.7 Å². The molecule has 0 radical (unpaired) electrons. The SMILES string of the molecule is CN(CC(=O)O)[C@@H]1CCCN(C(=O)[C@H]2CCCN(Cc3ccccc3)C2)CC1. The van der Waals surface area contributed by atoms with Crippen molar-refractivity contribution in [3.8, 4) is 0 Å². The third kappa shape index (κ3) is 5.79. The zero-order valence-electron chi connectivity index (χ0n) is 16.9. The number of likely N-dealkylation sites (N-methyl/N-ethyl adjacent to an activating group) is 1. The maximum atomic E-state index is 13.1. The lowest BCUT2D eigenvalue weighted by Crippen LogP contribution is -2.45. The molecule has 2 atom stereocenters. The van der Waals surface area contributed by atoms with Gasteiger partial charge in [-0.15, -0.1) is 0 Å². The summed E-state index contributed by atoms with van der Waals surface area (Å²) in [6, 6.07) is 10.7. The second kappa shape index (κ2) is 10.0. The smallest absolute Gasteiger partial charge is 0.317 e. The van der Waals surface area contributed by atoms with Gasteiger partial charge in [-0.25, -0.2) is 0 Å². The van der Waals surface area contributed by atoms with Crippen LogP contribution in [0.25, 0.3) is 0 Å². The van der Waals surface area contributed by atoms with Crippen molar-refractivity contribution in [3.05, 3.63) is 35.9 Å². The molecule has 6 nitrogen and oxygen atoms in total. The normalized spacial score (nSPS) is 24.1. The highest BCUT2D eigenvalue weighted by Gasteiger charge is 2.31. The van der Waals surface area contributed by atoms with Gasteiger partial charge in [-0.2, -0.15) is 0 Å². The minimum Gasteiger partial charge on any atom is -0.480 e. The number of nitrogens with zero attached hydrogens (tertiary/aromatic N) is 3. The minimum atomic E-state index is -0.791. The molecule has 0 saturated carbocycles. The summed E-state index contributed by atoms with van der Waals surface area (Å²) in [4.78, 5) is 30.5. The van der Waals surface area contributed by atoms with Gasteiger partial charge in [-0.3, -0.25) is 19.4 Å². The molecule has 0 bridgehead atoms. The Hall–Kier alpha value is -1.92. The lowest BCUT2D eigenvalue weighted by atomic mass is 9.96. The van der Waals surface area contributed by atoms with Gasteiger partial charge >= 0.3 is 5.97 Å². The van der Waals surface area contributed by atoms with E-state index in [1.807, 2.05) is 22.9 Å². The summed E-state index contributed by atoms with van der Waals surface area (Å²) in [5.41, 5.74) is 1.30. The standard InChI is InChI=1S/C22H33N3O3/c1-23(17-21(26)27)20-10-6-13-25(14-11-20)22(28)19-9-5-12-24(16-19)15-18-7-3-2-4-8-18/h2-4,7-8,19-20H,5-6,9-17H2,1H3,(H,26,27)/t19-,20+/m0/s1. The van der Waals surface area contributed by atoms with Gasteiger partial charge in [0.25, 0.3) is 0 Å². The van der Waals surface area contributed by atoms with Crippen LogP contribution in [0, 0.1) is 5.92 Å². The van der Waals surface area contributed by atoms with E-state index in [4.69, 9.17) is 5.11 Å². The number of benzene rings is 1. The molecule has 6 heteroatoms. The van der Waals surface area contributed by atoms with Gasteiger partial charge in [-0.1, -0.05) is 30.3 Å². The molecule has 0 unspecified atom stereocenters. The molecular formula is C22H33N3O3. The first-order valence-corrected chi connectivity index (χ1v) is 10.5. The number of hydrogen-bond donors (Lipinski definition) is 1. The molecular weight excluding hydrogens is 354 g/mol. The zero-order valence-corrected chi connectivity index (χ0v) is 16.9. The van der Waals surface area contributed by atoms with Crippen molar-refractivity contribution in [2.45, 2.75) is 44.7 Å². The van der Waals surface area contributed by atoms with Gasteiger partial charge in [0.1, 0.15) is 0 Å². The van der Waals surface area contributed by atoms with Crippen molar-refractivity contribution in [1.82, 2.24) is 14.7 Å². The van der Waals surface area contributed by atoms with E-state index < -0.39 is 5.97 Å². The molecule has 3 rings (SSSR count). The molecule has 1 aromatic rings. The Kier molecular flexibility index (Phi) is 7.45. The van der Waals surface area contributed by atoms with Crippen LogP contribution >= 0.6 is 0 Å². The van der Waals surface area contributed by atoms with Crippen LogP contribution in [0.3, 0.4) is 0 Å². The molecule has 154 valence electrons. The summed E-state index contributed by atoms with van der Waals surface area (Å²) in [5, 5.41) is 9.01. The molecule has 1 aromatic carbocycles. The van der Waals surface area contributed by atoms with E-state index in [-0.39, 0.29) is 18.5 Å². The van der Waals surface area contributed by atoms with Crippen molar-refractivity contribution < 1.29 is 14.7 Å². The van der Waals surface area contributed by atoms with Crippen molar-refractivity contribution in [1.29, 1.82) is 0 Å². The second-order valence-corrected chi connectivity index (χ2v) is 8.28. The first-order valence-electron chi connectivity index (χ1n) is 10.5. The van der Waals surface area contributed by atoms with E-state index in [0.29, 0.717) is 5.91 Å². The number of piperidine rings is 1. The van der Waals surface area contributed by atoms with Crippen molar-refractivity contribution in [2.24, 2.45) is 5.92 Å². The number of likely N-dealkylation sites (tertiary alicyclic amines) is 2. The predicted molar refractivity (Wildman–Crippen MR) is 109 cm³/mol. The summed E-state index contributed by atoms with van der Waals surface area (Å²) in [6.45, 7) is 4.41. The van der Waals surface area contributed by atoms with Gasteiger partial charge in [-0.05, 0) is 51.3 Å². The number of carboxylic acids is 1. The number of carbonyl (C=O) groups excluding carboxylic acids is 1. The first-order chi connectivity index (χ1) is 13.5. The minimum absolute atomic E-state index is 0.0652. The summed E-state index contributed by atoms with van der Waals surface area (Å²) >= 11 is 0. The van der Waals surface area contributed by atoms with E-state index in [2.05, 4.69) is 29.2 Å². The molecule has 28 heavy (non-hydrogen) atoms. The topological polar surface area (TPSA) is 64.1 Å². The number of aliphatic carboxylic acids is 1. The Labute approximate surface area is 168 Å². The molecule has 1 amide bonds. The second-order valence-electron chi connectivity index (χ2n) is 8.28. The van der Waals surface area contributed by atoms with E-state index in [9.17, 15) is 9.59 Å². The molecule has 2 heterocycles. The molecule has 1 N–H and O–H groups in total. The van der Waals surface area contributed by atoms with E-state index in [1.54, 1.807) is 0 Å². The van der Waals surface area contributed by atoms with Crippen LogP contribution < -0.4 is 0 Å². The van der Waals surface area contributed by atoms with E-state index >= 15 is 0 Å². The molecule has 2 fully saturated rings. The average Bonchev–Trinajstić information content (AvgIpc) is 2.94. The third-order valence-electron chi connectivity index (χ3n) is 6.12. The number of hydrogen-bond acceptors (Lipinski definition) is 4. The molecule has 2 aliphatic rings. The lowest BCUT2D eigenvalue weighted by molar-refractivity contribution is -0.139. The van der Waals surface area contributed by atoms with Gasteiger partial charge < -0.3 is 10.0 Å². The number of amides is 1. The molecule has 0 aromatic heterocycles. The Balaban J connectivity index is 1.52. The van der Waals surface area contributed by atoms with Crippen LogP contribution in [0.5, 0.6) is 0 Å². The van der Waals surface area contributed by atoms with Gasteiger partial charge in [0, 0.05) is 32.2 Å². The van der Waals surface area contributed by atoms with Crippen molar-refractivity contribution in [2.75, 3.05) is 39.8 Å². The number of carbonyl (C=O) groups is 2. The highest BCUT2D eigenvalue weighted by molar-refractivity contribution is 5.79. The fourth-order valence-electron chi connectivity index (χ4n) is 4.58. The first kappa shape index (κ1) is 20.8. The van der Waals surface area contributed by atoms with E-state index in [0.717, 1.165) is 64.8 Å². The highest BCUT2D eigenvalue weighted by atomic mass is 16.4.